The van der Waals surface area contributed by atoms with Crippen molar-refractivity contribution in [2.45, 2.75) is 6.42 Å². The molecule has 0 atom stereocenters. The van der Waals surface area contributed by atoms with E-state index in [1.807, 2.05) is 12.1 Å². The number of halogens is 1. The Hall–Kier alpha value is -2.71. The van der Waals surface area contributed by atoms with E-state index in [1.54, 1.807) is 19.2 Å². The fourth-order valence-corrected chi connectivity index (χ4v) is 3.16. The third kappa shape index (κ3) is 5.02. The molecule has 0 spiro atoms. The van der Waals surface area contributed by atoms with Crippen LogP contribution in [0, 0.1) is 0 Å². The maximum Gasteiger partial charge on any atom is 0.338 e. The Morgan fingerprint density at radius 1 is 0.966 bits per heavy atom. The molecule has 2 amide bonds. The number of carbonyl (C=O) groups excluding carboxylic acids is 3. The summed E-state index contributed by atoms with van der Waals surface area (Å²) in [5, 5.41) is 0. The van der Waals surface area contributed by atoms with Crippen molar-refractivity contribution in [2.75, 3.05) is 33.5 Å². The number of amides is 2. The van der Waals surface area contributed by atoms with Crippen LogP contribution >= 0.6 is 15.9 Å². The van der Waals surface area contributed by atoms with Gasteiger partial charge in [-0.05, 0) is 48.9 Å². The molecule has 1 aliphatic rings. The number of methoxy groups -OCH3 is 1. The molecule has 0 saturated carbocycles. The Balaban J connectivity index is 1.55. The lowest BCUT2D eigenvalue weighted by Gasteiger charge is -2.12. The molecule has 0 aliphatic carbocycles. The first-order valence-electron chi connectivity index (χ1n) is 9.06. The molecule has 0 fully saturated rings. The fraction of sp³-hybridized carbons (Fsp3) is 0.286. The molecule has 2 aromatic carbocycles. The average molecular weight is 462 g/mol. The monoisotopic (exact) mass is 461 g/mol. The molecule has 152 valence electrons. The van der Waals surface area contributed by atoms with Gasteiger partial charge in [-0.2, -0.15) is 0 Å². The molecular formula is C21H20BrNO6. The van der Waals surface area contributed by atoms with Gasteiger partial charge in [0.1, 0.15) is 19.0 Å². The van der Waals surface area contributed by atoms with E-state index in [2.05, 4.69) is 15.9 Å². The van der Waals surface area contributed by atoms with Crippen LogP contribution < -0.4 is 4.74 Å². The van der Waals surface area contributed by atoms with Crippen LogP contribution in [0.25, 0.3) is 0 Å². The Morgan fingerprint density at radius 2 is 1.69 bits per heavy atom. The molecule has 0 radical (unpaired) electrons. The summed E-state index contributed by atoms with van der Waals surface area (Å²) in [5.41, 5.74) is 0.725. The van der Waals surface area contributed by atoms with Gasteiger partial charge in [-0.1, -0.05) is 15.9 Å². The summed E-state index contributed by atoms with van der Waals surface area (Å²) >= 11 is 3.34. The second-order valence-corrected chi connectivity index (χ2v) is 7.22. The van der Waals surface area contributed by atoms with Crippen LogP contribution in [0.4, 0.5) is 0 Å². The van der Waals surface area contributed by atoms with Gasteiger partial charge in [0.2, 0.25) is 0 Å². The number of ether oxygens (including phenoxy) is 3. The number of imide groups is 1. The minimum atomic E-state index is -0.578. The predicted molar refractivity (Wildman–Crippen MR) is 108 cm³/mol. The van der Waals surface area contributed by atoms with Crippen LogP contribution in [0.5, 0.6) is 5.75 Å². The van der Waals surface area contributed by atoms with Crippen molar-refractivity contribution in [2.24, 2.45) is 0 Å². The zero-order valence-electron chi connectivity index (χ0n) is 15.9. The normalized spacial score (nSPS) is 12.8. The smallest absolute Gasteiger partial charge is 0.338 e. The highest BCUT2D eigenvalue weighted by Gasteiger charge is 2.35. The first kappa shape index (κ1) is 21.0. The maximum absolute atomic E-state index is 12.5. The lowest BCUT2D eigenvalue weighted by Crippen LogP contribution is -2.31. The van der Waals surface area contributed by atoms with Gasteiger partial charge in [-0.25, -0.2) is 4.79 Å². The summed E-state index contributed by atoms with van der Waals surface area (Å²) < 4.78 is 16.6. The van der Waals surface area contributed by atoms with Crippen molar-refractivity contribution < 1.29 is 28.6 Å². The highest BCUT2D eigenvalue weighted by Crippen LogP contribution is 2.24. The number of fused-ring (bicyclic) bond motifs is 1. The van der Waals surface area contributed by atoms with E-state index in [-0.39, 0.29) is 36.8 Å². The zero-order chi connectivity index (χ0) is 20.8. The summed E-state index contributed by atoms with van der Waals surface area (Å²) in [5.74, 6) is -0.678. The van der Waals surface area contributed by atoms with Crippen molar-refractivity contribution >= 4 is 33.7 Å². The van der Waals surface area contributed by atoms with E-state index in [0.29, 0.717) is 24.3 Å². The molecule has 0 bridgehead atoms. The Bertz CT molecular complexity index is 912. The van der Waals surface area contributed by atoms with Crippen LogP contribution in [0.15, 0.2) is 46.9 Å². The molecular weight excluding hydrogens is 442 g/mol. The number of carbonyl (C=O) groups is 3. The van der Waals surface area contributed by atoms with Gasteiger partial charge in [0.25, 0.3) is 11.8 Å². The van der Waals surface area contributed by atoms with Gasteiger partial charge in [-0.3, -0.25) is 14.5 Å². The van der Waals surface area contributed by atoms with E-state index in [0.717, 1.165) is 4.47 Å². The minimum Gasteiger partial charge on any atom is -0.490 e. The van der Waals surface area contributed by atoms with Gasteiger partial charge in [-0.15, -0.1) is 0 Å². The summed E-state index contributed by atoms with van der Waals surface area (Å²) in [6, 6.07) is 11.7. The van der Waals surface area contributed by atoms with E-state index in [4.69, 9.17) is 14.2 Å². The van der Waals surface area contributed by atoms with Crippen molar-refractivity contribution in [3.63, 3.8) is 0 Å². The number of benzene rings is 2. The molecule has 8 heteroatoms. The molecule has 0 saturated heterocycles. The summed E-state index contributed by atoms with van der Waals surface area (Å²) in [6.07, 6.45) is 0.551. The largest absolute Gasteiger partial charge is 0.490 e. The molecule has 1 aliphatic heterocycles. The predicted octanol–water partition coefficient (Wildman–Crippen LogP) is 3.32. The SMILES string of the molecule is COCCCN1C(=O)c2ccc(C(=O)OCCOc3ccc(Br)cc3)cc2C1=O. The van der Waals surface area contributed by atoms with E-state index in [1.165, 1.54) is 23.1 Å². The van der Waals surface area contributed by atoms with Crippen molar-refractivity contribution in [1.29, 1.82) is 0 Å². The topological polar surface area (TPSA) is 82.1 Å². The molecule has 1 heterocycles. The highest BCUT2D eigenvalue weighted by molar-refractivity contribution is 9.10. The first-order valence-corrected chi connectivity index (χ1v) is 9.85. The van der Waals surface area contributed by atoms with Crippen molar-refractivity contribution in [1.82, 2.24) is 4.90 Å². The van der Waals surface area contributed by atoms with Gasteiger partial charge < -0.3 is 14.2 Å². The summed E-state index contributed by atoms with van der Waals surface area (Å²) in [6.45, 7) is 0.978. The van der Waals surface area contributed by atoms with E-state index < -0.39 is 11.9 Å². The molecule has 0 unspecified atom stereocenters. The van der Waals surface area contributed by atoms with Crippen molar-refractivity contribution in [3.05, 3.63) is 63.6 Å². The molecule has 2 aromatic rings. The average Bonchev–Trinajstić information content (AvgIpc) is 2.97. The fourth-order valence-electron chi connectivity index (χ4n) is 2.90. The Kier molecular flexibility index (Phi) is 7.00. The summed E-state index contributed by atoms with van der Waals surface area (Å²) in [4.78, 5) is 38.3. The maximum atomic E-state index is 12.5. The number of hydrogen-bond donors (Lipinski definition) is 0. The van der Waals surface area contributed by atoms with E-state index in [9.17, 15) is 14.4 Å². The third-order valence-corrected chi connectivity index (χ3v) is 4.86. The van der Waals surface area contributed by atoms with Gasteiger partial charge >= 0.3 is 5.97 Å². The van der Waals surface area contributed by atoms with E-state index >= 15 is 0 Å². The Morgan fingerprint density at radius 3 is 2.41 bits per heavy atom. The second kappa shape index (κ2) is 9.67. The van der Waals surface area contributed by atoms with Gasteiger partial charge in [0.15, 0.2) is 0 Å². The van der Waals surface area contributed by atoms with Crippen LogP contribution in [0.1, 0.15) is 37.5 Å². The number of hydrogen-bond acceptors (Lipinski definition) is 6. The van der Waals surface area contributed by atoms with Crippen LogP contribution in [-0.2, 0) is 9.47 Å². The van der Waals surface area contributed by atoms with Gasteiger partial charge in [0.05, 0.1) is 16.7 Å². The standard InChI is InChI=1S/C21H20BrNO6/c1-27-10-2-9-23-19(24)17-8-3-14(13-18(17)20(23)25)21(26)29-12-11-28-16-6-4-15(22)5-7-16/h3-8,13H,2,9-12H2,1H3. The van der Waals surface area contributed by atoms with Crippen molar-refractivity contribution in [3.8, 4) is 5.75 Å². The lowest BCUT2D eigenvalue weighted by atomic mass is 10.1. The first-order chi connectivity index (χ1) is 14.0. The highest BCUT2D eigenvalue weighted by atomic mass is 79.9. The number of nitrogens with zero attached hydrogens (tertiary/aromatic N) is 1. The minimum absolute atomic E-state index is 0.0575. The molecule has 3 rings (SSSR count). The Labute approximate surface area is 176 Å². The number of rotatable bonds is 9. The van der Waals surface area contributed by atoms with Gasteiger partial charge in [0, 0.05) is 24.7 Å². The molecule has 0 N–H and O–H groups in total. The quantitative estimate of drug-likeness (QED) is 0.323. The number of esters is 1. The molecule has 29 heavy (non-hydrogen) atoms. The lowest BCUT2D eigenvalue weighted by molar-refractivity contribution is 0.0450. The zero-order valence-corrected chi connectivity index (χ0v) is 17.4. The van der Waals surface area contributed by atoms with Crippen LogP contribution in [0.3, 0.4) is 0 Å². The molecule has 0 aromatic heterocycles. The third-order valence-electron chi connectivity index (χ3n) is 4.34. The van der Waals surface area contributed by atoms with Crippen LogP contribution in [-0.4, -0.2) is 56.2 Å². The summed E-state index contributed by atoms with van der Waals surface area (Å²) in [7, 11) is 1.56. The van der Waals surface area contributed by atoms with Crippen LogP contribution in [0.2, 0.25) is 0 Å². The molecule has 7 nitrogen and oxygen atoms in total. The second-order valence-electron chi connectivity index (χ2n) is 6.31.